The van der Waals surface area contributed by atoms with Gasteiger partial charge in [0.15, 0.2) is 0 Å². The second-order valence-electron chi connectivity index (χ2n) is 4.29. The smallest absolute Gasteiger partial charge is 0.407 e. The topological polar surface area (TPSA) is 42.2 Å². The van der Waals surface area contributed by atoms with Crippen molar-refractivity contribution in [3.63, 3.8) is 0 Å². The summed E-state index contributed by atoms with van der Waals surface area (Å²) < 4.78 is 11.2. The molecular weight excluding hydrogens is 225 g/mol. The Balaban J connectivity index is 2.14. The Morgan fingerprint density at radius 2 is 1.83 bits per heavy atom. The fourth-order valence-electron chi connectivity index (χ4n) is 2.28. The van der Waals surface area contributed by atoms with Crippen LogP contribution in [0.4, 0.5) is 0 Å². The summed E-state index contributed by atoms with van der Waals surface area (Å²) in [6.45, 7) is 1.37. The predicted molar refractivity (Wildman–Crippen MR) is 70.6 cm³/mol. The van der Waals surface area contributed by atoms with Crippen LogP contribution in [-0.2, 0) is 9.31 Å². The molecule has 0 bridgehead atoms. The first-order chi connectivity index (χ1) is 8.90. The van der Waals surface area contributed by atoms with Crippen molar-refractivity contribution < 1.29 is 9.31 Å². The number of rotatable bonds is 1. The van der Waals surface area contributed by atoms with Gasteiger partial charge < -0.3 is 9.31 Å². The molecule has 2 aromatic carbocycles. The van der Waals surface area contributed by atoms with Crippen LogP contribution in [0.1, 0.15) is 12.0 Å². The van der Waals surface area contributed by atoms with Crippen molar-refractivity contribution in [3.8, 4) is 6.07 Å². The molecule has 3 rings (SSSR count). The minimum Gasteiger partial charge on any atom is -0.407 e. The van der Waals surface area contributed by atoms with Gasteiger partial charge in [-0.3, -0.25) is 0 Å². The van der Waals surface area contributed by atoms with Gasteiger partial charge in [0.2, 0.25) is 0 Å². The number of nitriles is 1. The standard InChI is InChI=1S/C14H12BNO2/c16-10-13-12-5-2-1-4-11(12)6-7-14(13)15-17-8-3-9-18-15/h1-2,4-7H,3,8-9H2. The molecule has 0 saturated carbocycles. The first-order valence-electron chi connectivity index (χ1n) is 6.05. The average molecular weight is 237 g/mol. The molecule has 0 aliphatic carbocycles. The van der Waals surface area contributed by atoms with Crippen LogP contribution < -0.4 is 5.46 Å². The van der Waals surface area contributed by atoms with Gasteiger partial charge in [-0.1, -0.05) is 36.4 Å². The Kier molecular flexibility index (Phi) is 3.01. The third-order valence-electron chi connectivity index (χ3n) is 3.15. The Labute approximate surface area is 106 Å². The maximum atomic E-state index is 9.39. The summed E-state index contributed by atoms with van der Waals surface area (Å²) in [6.07, 6.45) is 0.909. The van der Waals surface area contributed by atoms with Gasteiger partial charge in [0.25, 0.3) is 0 Å². The molecule has 0 amide bonds. The minimum atomic E-state index is -0.405. The van der Waals surface area contributed by atoms with Gasteiger partial charge in [-0.05, 0) is 17.2 Å². The Morgan fingerprint density at radius 1 is 1.06 bits per heavy atom. The molecular formula is C14H12BNO2. The Morgan fingerprint density at radius 3 is 2.61 bits per heavy atom. The minimum absolute atomic E-state index is 0.405. The van der Waals surface area contributed by atoms with E-state index in [4.69, 9.17) is 9.31 Å². The molecule has 0 aromatic heterocycles. The lowest BCUT2D eigenvalue weighted by Gasteiger charge is -2.21. The highest BCUT2D eigenvalue weighted by atomic mass is 16.6. The lowest BCUT2D eigenvalue weighted by molar-refractivity contribution is 0.143. The van der Waals surface area contributed by atoms with E-state index in [1.807, 2.05) is 36.4 Å². The number of hydrogen-bond acceptors (Lipinski definition) is 3. The molecule has 1 aliphatic rings. The Bertz CT molecular complexity index is 615. The molecule has 3 nitrogen and oxygen atoms in total. The molecule has 0 N–H and O–H groups in total. The van der Waals surface area contributed by atoms with Crippen molar-refractivity contribution in [2.45, 2.75) is 6.42 Å². The molecule has 1 fully saturated rings. The third-order valence-corrected chi connectivity index (χ3v) is 3.15. The van der Waals surface area contributed by atoms with Crippen LogP contribution in [0.25, 0.3) is 10.8 Å². The molecule has 1 aliphatic heterocycles. The number of nitrogens with zero attached hydrogens (tertiary/aromatic N) is 1. The van der Waals surface area contributed by atoms with E-state index in [1.165, 1.54) is 0 Å². The molecule has 2 aromatic rings. The monoisotopic (exact) mass is 237 g/mol. The van der Waals surface area contributed by atoms with Crippen LogP contribution in [0.3, 0.4) is 0 Å². The number of hydrogen-bond donors (Lipinski definition) is 0. The van der Waals surface area contributed by atoms with Gasteiger partial charge in [-0.25, -0.2) is 0 Å². The van der Waals surface area contributed by atoms with E-state index >= 15 is 0 Å². The zero-order chi connectivity index (χ0) is 12.4. The summed E-state index contributed by atoms with van der Waals surface area (Å²) in [5, 5.41) is 11.4. The maximum Gasteiger partial charge on any atom is 0.495 e. The van der Waals surface area contributed by atoms with Gasteiger partial charge in [-0.2, -0.15) is 5.26 Å². The second kappa shape index (κ2) is 4.81. The lowest BCUT2D eigenvalue weighted by atomic mass is 9.74. The summed E-state index contributed by atoms with van der Waals surface area (Å²) >= 11 is 0. The van der Waals surface area contributed by atoms with Crippen molar-refractivity contribution in [1.82, 2.24) is 0 Å². The highest BCUT2D eigenvalue weighted by Crippen LogP contribution is 2.18. The van der Waals surface area contributed by atoms with Crippen LogP contribution in [0.15, 0.2) is 36.4 Å². The number of benzene rings is 2. The van der Waals surface area contributed by atoms with Crippen molar-refractivity contribution in [2.75, 3.05) is 13.2 Å². The molecule has 18 heavy (non-hydrogen) atoms. The van der Waals surface area contributed by atoms with E-state index in [1.54, 1.807) is 0 Å². The van der Waals surface area contributed by atoms with Crippen molar-refractivity contribution in [3.05, 3.63) is 42.0 Å². The summed E-state index contributed by atoms with van der Waals surface area (Å²) in [7, 11) is -0.405. The van der Waals surface area contributed by atoms with Crippen molar-refractivity contribution >= 4 is 23.4 Å². The molecule has 1 heterocycles. The first-order valence-corrected chi connectivity index (χ1v) is 6.05. The summed E-state index contributed by atoms with van der Waals surface area (Å²) in [5.74, 6) is 0. The summed E-state index contributed by atoms with van der Waals surface area (Å²) in [4.78, 5) is 0. The molecule has 0 atom stereocenters. The first kappa shape index (κ1) is 11.3. The van der Waals surface area contributed by atoms with Crippen LogP contribution in [0.5, 0.6) is 0 Å². The highest BCUT2D eigenvalue weighted by Gasteiger charge is 2.27. The average Bonchev–Trinajstić information content (AvgIpc) is 2.47. The molecule has 0 unspecified atom stereocenters. The molecule has 88 valence electrons. The van der Waals surface area contributed by atoms with Crippen molar-refractivity contribution in [2.24, 2.45) is 0 Å². The number of fused-ring (bicyclic) bond motifs is 1. The largest absolute Gasteiger partial charge is 0.495 e. The zero-order valence-corrected chi connectivity index (χ0v) is 9.93. The van der Waals surface area contributed by atoms with Gasteiger partial charge >= 0.3 is 7.12 Å². The molecule has 0 spiro atoms. The summed E-state index contributed by atoms with van der Waals surface area (Å²) in [6, 6.07) is 14.1. The van der Waals surface area contributed by atoms with Gasteiger partial charge in [0.05, 0.1) is 11.6 Å². The van der Waals surface area contributed by atoms with Gasteiger partial charge in [0, 0.05) is 18.7 Å². The zero-order valence-electron chi connectivity index (χ0n) is 9.93. The SMILES string of the molecule is N#Cc1c(B2OCCCO2)ccc2ccccc12. The van der Waals surface area contributed by atoms with Crippen LogP contribution in [0.2, 0.25) is 0 Å². The Hall–Kier alpha value is -1.83. The van der Waals surface area contributed by atoms with Gasteiger partial charge in [0.1, 0.15) is 0 Å². The van der Waals surface area contributed by atoms with Gasteiger partial charge in [-0.15, -0.1) is 0 Å². The third kappa shape index (κ3) is 1.88. The lowest BCUT2D eigenvalue weighted by Crippen LogP contribution is -2.42. The normalized spacial score (nSPS) is 15.6. The van der Waals surface area contributed by atoms with Crippen LogP contribution >= 0.6 is 0 Å². The van der Waals surface area contributed by atoms with E-state index < -0.39 is 7.12 Å². The molecule has 1 saturated heterocycles. The predicted octanol–water partition coefficient (Wildman–Crippen LogP) is 1.84. The van der Waals surface area contributed by atoms with E-state index in [0.29, 0.717) is 18.8 Å². The van der Waals surface area contributed by atoms with Crippen LogP contribution in [-0.4, -0.2) is 20.3 Å². The second-order valence-corrected chi connectivity index (χ2v) is 4.29. The van der Waals surface area contributed by atoms with Crippen LogP contribution in [0, 0.1) is 11.3 Å². The van der Waals surface area contributed by atoms with Crippen molar-refractivity contribution in [1.29, 1.82) is 5.26 Å². The van der Waals surface area contributed by atoms with E-state index in [-0.39, 0.29) is 0 Å². The molecule has 0 radical (unpaired) electrons. The summed E-state index contributed by atoms with van der Waals surface area (Å²) in [5.41, 5.74) is 1.48. The quantitative estimate of drug-likeness (QED) is 0.710. The highest BCUT2D eigenvalue weighted by molar-refractivity contribution is 6.62. The van der Waals surface area contributed by atoms with E-state index in [9.17, 15) is 5.26 Å². The maximum absolute atomic E-state index is 9.39. The fraction of sp³-hybridized carbons (Fsp3) is 0.214. The van der Waals surface area contributed by atoms with E-state index in [2.05, 4.69) is 6.07 Å². The van der Waals surface area contributed by atoms with E-state index in [0.717, 1.165) is 22.7 Å². The fourth-order valence-corrected chi connectivity index (χ4v) is 2.28. The molecule has 4 heteroatoms.